The quantitative estimate of drug-likeness (QED) is 0.360. The van der Waals surface area contributed by atoms with Gasteiger partial charge < -0.3 is 34.4 Å². The van der Waals surface area contributed by atoms with Gasteiger partial charge in [-0.2, -0.15) is 0 Å². The summed E-state index contributed by atoms with van der Waals surface area (Å²) in [6.07, 6.45) is -5.24. The second kappa shape index (κ2) is 12.5. The topological polar surface area (TPSA) is 139 Å². The molecule has 7 atom stereocenters. The number of hydrogen-bond acceptors (Lipinski definition) is 9. The maximum atomic E-state index is 14.7. The van der Waals surface area contributed by atoms with Crippen molar-refractivity contribution in [3.8, 4) is 11.3 Å². The van der Waals surface area contributed by atoms with Gasteiger partial charge >= 0.3 is 0 Å². The number of aliphatic hydroxyl groups excluding tert-OH is 3. The monoisotopic (exact) mass is 628 g/mol. The maximum Gasteiger partial charge on any atom is 0.259 e. The van der Waals surface area contributed by atoms with Crippen molar-refractivity contribution >= 4 is 34.8 Å². The molecule has 0 bridgehead atoms. The molecule has 15 heteroatoms. The van der Waals surface area contributed by atoms with Gasteiger partial charge in [0.1, 0.15) is 36.2 Å². The Kier molecular flexibility index (Phi) is 9.11. The number of rotatable bonds is 7. The molecule has 0 radical (unpaired) electrons. The summed E-state index contributed by atoms with van der Waals surface area (Å²) in [5.41, 5.74) is 0.155. The van der Waals surface area contributed by atoms with E-state index in [0.29, 0.717) is 0 Å². The number of carbonyl (C=O) groups excluding carboxylic acids is 1. The van der Waals surface area contributed by atoms with E-state index in [4.69, 9.17) is 37.4 Å². The van der Waals surface area contributed by atoms with Crippen LogP contribution in [0.25, 0.3) is 11.3 Å². The summed E-state index contributed by atoms with van der Waals surface area (Å²) in [4.78, 5) is 15.5. The van der Waals surface area contributed by atoms with Crippen LogP contribution in [0.1, 0.15) is 11.6 Å². The number of aryl methyl sites for hydroxylation is 1. The Balaban J connectivity index is 1.55. The zero-order chi connectivity index (χ0) is 30.3. The smallest absolute Gasteiger partial charge is 0.259 e. The molecule has 42 heavy (non-hydrogen) atoms. The van der Waals surface area contributed by atoms with E-state index in [1.807, 2.05) is 0 Å². The zero-order valence-electron chi connectivity index (χ0n) is 22.4. The first kappa shape index (κ1) is 30.7. The van der Waals surface area contributed by atoms with Crippen molar-refractivity contribution in [1.82, 2.24) is 15.0 Å². The number of carbonyl (C=O) groups is 1. The first-order chi connectivity index (χ1) is 20.0. The second-order valence-electron chi connectivity index (χ2n) is 10.1. The van der Waals surface area contributed by atoms with Gasteiger partial charge in [0.15, 0.2) is 17.7 Å². The number of nitrogens with zero attached hydrogens (tertiary/aromatic N) is 4. The lowest BCUT2D eigenvalue weighted by Gasteiger charge is -2.45. The van der Waals surface area contributed by atoms with E-state index < -0.39 is 66.8 Å². The fourth-order valence-electron chi connectivity index (χ4n) is 5.32. The fraction of sp³-hybridized carbons (Fsp3) is 0.444. The first-order valence-electron chi connectivity index (χ1n) is 12.9. The zero-order valence-corrected chi connectivity index (χ0v) is 23.9. The minimum absolute atomic E-state index is 0.0119. The molecule has 5 rings (SSSR count). The van der Waals surface area contributed by atoms with Gasteiger partial charge in [0, 0.05) is 28.4 Å². The van der Waals surface area contributed by atoms with Gasteiger partial charge in [-0.1, -0.05) is 34.5 Å². The van der Waals surface area contributed by atoms with Crippen LogP contribution in [0.2, 0.25) is 10.0 Å². The van der Waals surface area contributed by atoms with Gasteiger partial charge in [-0.3, -0.25) is 4.79 Å². The van der Waals surface area contributed by atoms with Crippen LogP contribution in [-0.2, 0) is 19.0 Å². The van der Waals surface area contributed by atoms with Gasteiger partial charge in [0.05, 0.1) is 32.1 Å². The number of methoxy groups -OCH3 is 1. The van der Waals surface area contributed by atoms with E-state index in [2.05, 4.69) is 10.3 Å². The van der Waals surface area contributed by atoms with E-state index in [1.54, 1.807) is 0 Å². The highest BCUT2D eigenvalue weighted by atomic mass is 35.5. The van der Waals surface area contributed by atoms with Crippen LogP contribution in [0.4, 0.5) is 14.5 Å². The Labute approximate surface area is 249 Å². The van der Waals surface area contributed by atoms with E-state index in [9.17, 15) is 28.9 Å². The minimum Gasteiger partial charge on any atom is -0.394 e. The summed E-state index contributed by atoms with van der Waals surface area (Å²) in [6.45, 7) is 0.696. The van der Waals surface area contributed by atoms with E-state index in [1.165, 1.54) is 55.5 Å². The molecule has 1 amide bonds. The summed E-state index contributed by atoms with van der Waals surface area (Å²) < 4.78 is 47.1. The van der Waals surface area contributed by atoms with Gasteiger partial charge in [0.25, 0.3) is 5.91 Å². The minimum atomic E-state index is -1.47. The Morgan fingerprint density at radius 3 is 2.50 bits per heavy atom. The number of benzene rings is 2. The molecule has 2 saturated heterocycles. The van der Waals surface area contributed by atoms with Gasteiger partial charge in [0.2, 0.25) is 0 Å². The average molecular weight is 629 g/mol. The maximum absolute atomic E-state index is 14.7. The van der Waals surface area contributed by atoms with Crippen LogP contribution in [0, 0.1) is 18.6 Å². The molecule has 0 saturated carbocycles. The van der Waals surface area contributed by atoms with Crippen molar-refractivity contribution in [2.45, 2.75) is 49.5 Å². The highest BCUT2D eigenvalue weighted by molar-refractivity contribution is 6.35. The van der Waals surface area contributed by atoms with Gasteiger partial charge in [-0.15, -0.1) is 5.10 Å². The molecule has 226 valence electrons. The number of aliphatic hydroxyl groups is 3. The molecule has 11 nitrogen and oxygen atoms in total. The Bertz CT molecular complexity index is 1440. The molecule has 2 aromatic carbocycles. The molecular formula is C27H28Cl2F2N4O7. The lowest BCUT2D eigenvalue weighted by atomic mass is 9.91. The van der Waals surface area contributed by atoms with Gasteiger partial charge in [-0.25, -0.2) is 13.5 Å². The summed E-state index contributed by atoms with van der Waals surface area (Å²) >= 11 is 12.5. The molecule has 3 heterocycles. The largest absolute Gasteiger partial charge is 0.394 e. The Morgan fingerprint density at radius 2 is 1.88 bits per heavy atom. The van der Waals surface area contributed by atoms with Crippen LogP contribution in [0.3, 0.4) is 0 Å². The normalized spacial score (nSPS) is 27.8. The summed E-state index contributed by atoms with van der Waals surface area (Å²) in [6, 6.07) is 5.15. The molecule has 0 aliphatic carbocycles. The van der Waals surface area contributed by atoms with E-state index >= 15 is 0 Å². The molecule has 2 fully saturated rings. The van der Waals surface area contributed by atoms with E-state index in [-0.39, 0.29) is 45.8 Å². The highest BCUT2D eigenvalue weighted by Gasteiger charge is 2.52. The molecular weight excluding hydrogens is 601 g/mol. The highest BCUT2D eigenvalue weighted by Crippen LogP contribution is 2.37. The summed E-state index contributed by atoms with van der Waals surface area (Å²) in [5.74, 6) is -2.86. The third kappa shape index (κ3) is 5.63. The van der Waals surface area contributed by atoms with Crippen molar-refractivity contribution < 1.29 is 43.1 Å². The predicted octanol–water partition coefficient (Wildman–Crippen LogP) is 2.31. The average Bonchev–Trinajstić information content (AvgIpc) is 3.60. The third-order valence-electron chi connectivity index (χ3n) is 7.47. The second-order valence-corrected chi connectivity index (χ2v) is 11.0. The lowest BCUT2D eigenvalue weighted by molar-refractivity contribution is -0.211. The standard InChI is InChI=1S/C27H28Cl2F2N4O7/c1-12-3-4-16(22(31)21(12)30)17-8-34(33-32-17)23-24(38)20(9-36)42-26(25(23)40-2)27(39)35(18-10-41-11-19(18)37)15-6-13(28)5-14(29)7-15/h3-8,18-20,23-26,36-38H,9-11H2,1-2H3/t18-,19-,20?,23?,24?,25?,26?/m1/s1. The number of halogens is 4. The number of hydrogen-bond donors (Lipinski definition) is 3. The van der Waals surface area contributed by atoms with Crippen molar-refractivity contribution in [1.29, 1.82) is 0 Å². The molecule has 0 spiro atoms. The van der Waals surface area contributed by atoms with Crippen LogP contribution < -0.4 is 4.90 Å². The lowest BCUT2D eigenvalue weighted by Crippen LogP contribution is -2.63. The molecule has 2 aliphatic rings. The molecule has 5 unspecified atom stereocenters. The van der Waals surface area contributed by atoms with Crippen LogP contribution in [0.5, 0.6) is 0 Å². The summed E-state index contributed by atoms with van der Waals surface area (Å²) in [7, 11) is 1.29. The Hall–Kier alpha value is -2.75. The Morgan fingerprint density at radius 1 is 1.17 bits per heavy atom. The number of aromatic nitrogens is 3. The van der Waals surface area contributed by atoms with Crippen LogP contribution in [0.15, 0.2) is 36.5 Å². The fourth-order valence-corrected chi connectivity index (χ4v) is 5.84. The van der Waals surface area contributed by atoms with Gasteiger partial charge in [-0.05, 0) is 36.8 Å². The van der Waals surface area contributed by atoms with Crippen molar-refractivity contribution in [2.75, 3.05) is 31.8 Å². The molecule has 3 N–H and O–H groups in total. The predicted molar refractivity (Wildman–Crippen MR) is 146 cm³/mol. The third-order valence-corrected chi connectivity index (χ3v) is 7.90. The van der Waals surface area contributed by atoms with Crippen molar-refractivity contribution in [3.05, 3.63) is 63.8 Å². The van der Waals surface area contributed by atoms with Crippen molar-refractivity contribution in [2.24, 2.45) is 0 Å². The number of anilines is 1. The first-order valence-corrected chi connectivity index (χ1v) is 13.7. The molecule has 2 aliphatic heterocycles. The SMILES string of the molecule is COC1C(C(=O)N(c2cc(Cl)cc(Cl)c2)[C@@H]2COC[C@H]2O)OC(CO)C(O)C1n1cc(-c2ccc(C)c(F)c2F)nn1. The van der Waals surface area contributed by atoms with E-state index in [0.717, 1.165) is 4.68 Å². The van der Waals surface area contributed by atoms with Crippen LogP contribution in [-0.4, -0.2) is 99.7 Å². The summed E-state index contributed by atoms with van der Waals surface area (Å²) in [5, 5.41) is 40.3. The number of amides is 1. The van der Waals surface area contributed by atoms with Crippen LogP contribution >= 0.6 is 23.2 Å². The number of ether oxygens (including phenoxy) is 3. The molecule has 3 aromatic rings. The van der Waals surface area contributed by atoms with Crippen molar-refractivity contribution in [3.63, 3.8) is 0 Å². The molecule has 1 aromatic heterocycles.